The number of para-hydroxylation sites is 1. The lowest BCUT2D eigenvalue weighted by molar-refractivity contribution is 0.0518. The molecule has 0 N–H and O–H groups in total. The maximum atomic E-state index is 13.5. The Morgan fingerprint density at radius 1 is 1.18 bits per heavy atom. The molecule has 0 radical (unpaired) electrons. The van der Waals surface area contributed by atoms with E-state index in [1.54, 1.807) is 49.4 Å². The van der Waals surface area contributed by atoms with E-state index in [9.17, 15) is 13.2 Å². The third-order valence-corrected chi connectivity index (χ3v) is 6.36. The summed E-state index contributed by atoms with van der Waals surface area (Å²) in [5.74, 6) is -0.677. The van der Waals surface area contributed by atoms with Crippen molar-refractivity contribution in [2.24, 2.45) is 0 Å². The van der Waals surface area contributed by atoms with E-state index in [1.807, 2.05) is 19.1 Å². The summed E-state index contributed by atoms with van der Waals surface area (Å²) in [5, 5.41) is -0.349. The Labute approximate surface area is 171 Å². The predicted molar refractivity (Wildman–Crippen MR) is 114 cm³/mol. The fraction of sp³-hybridized carbons (Fsp3) is 0.190. The Morgan fingerprint density at radius 2 is 1.82 bits per heavy atom. The van der Waals surface area contributed by atoms with Gasteiger partial charge in [0.2, 0.25) is 10.0 Å². The lowest BCUT2D eigenvalue weighted by Crippen LogP contribution is -2.24. The fourth-order valence-corrected chi connectivity index (χ4v) is 4.86. The molecular weight excluding hydrogens is 398 g/mol. The van der Waals surface area contributed by atoms with Crippen molar-refractivity contribution in [2.45, 2.75) is 19.1 Å². The molecule has 0 fully saturated rings. The molecular formula is C21H22ClNO4S. The van der Waals surface area contributed by atoms with Crippen LogP contribution in [0.25, 0.3) is 10.9 Å². The zero-order valence-electron chi connectivity index (χ0n) is 15.7. The number of rotatable bonds is 6. The van der Waals surface area contributed by atoms with Gasteiger partial charge in [0.1, 0.15) is 10.9 Å². The number of hydrogen-bond acceptors (Lipinski definition) is 4. The highest BCUT2D eigenvalue weighted by Crippen LogP contribution is 2.31. The van der Waals surface area contributed by atoms with Crippen molar-refractivity contribution in [3.8, 4) is 0 Å². The van der Waals surface area contributed by atoms with Crippen LogP contribution in [0, 0.1) is 6.92 Å². The largest absolute Gasteiger partial charge is 0.461 e. The molecule has 1 aromatic heterocycles. The van der Waals surface area contributed by atoms with Crippen molar-refractivity contribution < 1.29 is 17.9 Å². The van der Waals surface area contributed by atoms with Crippen LogP contribution in [-0.4, -0.2) is 25.0 Å². The first kappa shape index (κ1) is 21.7. The number of hydrogen-bond donors (Lipinski definition) is 0. The van der Waals surface area contributed by atoms with Crippen molar-refractivity contribution in [3.05, 3.63) is 84.1 Å². The van der Waals surface area contributed by atoms with E-state index >= 15 is 0 Å². The number of aromatic nitrogens is 1. The minimum Gasteiger partial charge on any atom is -0.461 e. The SMILES string of the molecule is C=CC(c1ccc(C)cc1)S(=O)(=O)n1c(C(=O)OCC)cc2ccccc21.Cl. The normalized spacial score (nSPS) is 12.2. The molecule has 2 aromatic carbocycles. The molecule has 1 heterocycles. The first-order valence-electron chi connectivity index (χ1n) is 8.61. The Balaban J connectivity index is 0.00000280. The molecule has 0 bridgehead atoms. The molecule has 1 atom stereocenters. The van der Waals surface area contributed by atoms with Gasteiger partial charge in [-0.15, -0.1) is 19.0 Å². The Bertz CT molecular complexity index is 1100. The van der Waals surface area contributed by atoms with Gasteiger partial charge in [0.05, 0.1) is 12.1 Å². The second kappa shape index (κ2) is 8.63. The number of nitrogens with zero attached hydrogens (tertiary/aromatic N) is 1. The van der Waals surface area contributed by atoms with Crippen LogP contribution in [0.4, 0.5) is 0 Å². The van der Waals surface area contributed by atoms with Crippen molar-refractivity contribution in [1.29, 1.82) is 0 Å². The second-order valence-electron chi connectivity index (χ2n) is 6.19. The van der Waals surface area contributed by atoms with Gasteiger partial charge in [-0.1, -0.05) is 54.1 Å². The number of fused-ring (bicyclic) bond motifs is 1. The van der Waals surface area contributed by atoms with Crippen LogP contribution in [0.15, 0.2) is 67.3 Å². The Morgan fingerprint density at radius 3 is 2.43 bits per heavy atom. The van der Waals surface area contributed by atoms with Crippen LogP contribution in [0.3, 0.4) is 0 Å². The molecule has 5 nitrogen and oxygen atoms in total. The maximum absolute atomic E-state index is 13.5. The van der Waals surface area contributed by atoms with Crippen LogP contribution in [0.1, 0.15) is 33.8 Å². The Hall–Kier alpha value is -2.57. The third kappa shape index (κ3) is 3.84. The highest BCUT2D eigenvalue weighted by atomic mass is 35.5. The van der Waals surface area contributed by atoms with E-state index < -0.39 is 21.2 Å². The minimum absolute atomic E-state index is 0. The van der Waals surface area contributed by atoms with Crippen molar-refractivity contribution >= 4 is 39.3 Å². The molecule has 3 aromatic rings. The summed E-state index contributed by atoms with van der Waals surface area (Å²) in [6, 6.07) is 15.7. The summed E-state index contributed by atoms with van der Waals surface area (Å²) in [7, 11) is -4.00. The summed E-state index contributed by atoms with van der Waals surface area (Å²) < 4.78 is 33.2. The number of esters is 1. The Kier molecular flexibility index (Phi) is 6.69. The van der Waals surface area contributed by atoms with E-state index in [2.05, 4.69) is 6.58 Å². The number of carbonyl (C=O) groups is 1. The van der Waals surface area contributed by atoms with Crippen LogP contribution < -0.4 is 0 Å². The van der Waals surface area contributed by atoms with E-state index in [0.29, 0.717) is 16.5 Å². The average molecular weight is 420 g/mol. The van der Waals surface area contributed by atoms with Crippen molar-refractivity contribution in [1.82, 2.24) is 3.97 Å². The van der Waals surface area contributed by atoms with Gasteiger partial charge in [-0.05, 0) is 31.5 Å². The number of aryl methyl sites for hydroxylation is 1. The van der Waals surface area contributed by atoms with Gasteiger partial charge in [0, 0.05) is 5.39 Å². The number of ether oxygens (including phenoxy) is 1. The summed E-state index contributed by atoms with van der Waals surface area (Å²) >= 11 is 0. The van der Waals surface area contributed by atoms with E-state index in [1.165, 1.54) is 6.08 Å². The number of halogens is 1. The summed E-state index contributed by atoms with van der Waals surface area (Å²) in [6.45, 7) is 7.48. The standard InChI is InChI=1S/C21H21NO4S.ClH/c1-4-20(16-12-10-15(3)11-13-16)27(24,25)22-18-9-7-6-8-17(18)14-19(22)21(23)26-5-2;/h4,6-14,20H,1,5H2,2-3H3;1H. The zero-order chi connectivity index (χ0) is 19.6. The highest BCUT2D eigenvalue weighted by molar-refractivity contribution is 7.90. The molecule has 0 aliphatic rings. The second-order valence-corrected chi connectivity index (χ2v) is 8.09. The van der Waals surface area contributed by atoms with Gasteiger partial charge in [-0.25, -0.2) is 17.2 Å². The molecule has 7 heteroatoms. The average Bonchev–Trinajstić information content (AvgIpc) is 3.04. The fourth-order valence-electron chi connectivity index (χ4n) is 3.05. The number of carbonyl (C=O) groups excluding carboxylic acids is 1. The number of benzene rings is 2. The van der Waals surface area contributed by atoms with Crippen molar-refractivity contribution in [2.75, 3.05) is 6.61 Å². The lowest BCUT2D eigenvalue weighted by Gasteiger charge is -2.18. The van der Waals surface area contributed by atoms with Crippen molar-refractivity contribution in [3.63, 3.8) is 0 Å². The topological polar surface area (TPSA) is 65.4 Å². The van der Waals surface area contributed by atoms with Gasteiger partial charge in [0.25, 0.3) is 0 Å². The molecule has 0 aliphatic carbocycles. The van der Waals surface area contributed by atoms with E-state index in [4.69, 9.17) is 4.74 Å². The predicted octanol–water partition coefficient (Wildman–Crippen LogP) is 4.65. The lowest BCUT2D eigenvalue weighted by atomic mass is 10.1. The molecule has 28 heavy (non-hydrogen) atoms. The summed E-state index contributed by atoms with van der Waals surface area (Å²) in [4.78, 5) is 12.4. The summed E-state index contributed by atoms with van der Waals surface area (Å²) in [6.07, 6.45) is 1.38. The molecule has 0 saturated heterocycles. The van der Waals surface area contributed by atoms with Crippen LogP contribution >= 0.6 is 12.4 Å². The van der Waals surface area contributed by atoms with Crippen LogP contribution in [0.2, 0.25) is 0 Å². The van der Waals surface area contributed by atoms with Gasteiger partial charge in [-0.3, -0.25) is 0 Å². The van der Waals surface area contributed by atoms with Gasteiger partial charge in [-0.2, -0.15) is 0 Å². The highest BCUT2D eigenvalue weighted by Gasteiger charge is 2.32. The molecule has 0 spiro atoms. The quantitative estimate of drug-likeness (QED) is 0.430. The summed E-state index contributed by atoms with van der Waals surface area (Å²) in [5.41, 5.74) is 2.03. The molecule has 1 unspecified atom stereocenters. The van der Waals surface area contributed by atoms with Gasteiger partial charge < -0.3 is 4.74 Å². The van der Waals surface area contributed by atoms with Crippen LogP contribution in [0.5, 0.6) is 0 Å². The molecule has 0 amide bonds. The molecule has 0 aliphatic heterocycles. The van der Waals surface area contributed by atoms with E-state index in [-0.39, 0.29) is 24.7 Å². The first-order valence-corrected chi connectivity index (χ1v) is 10.1. The van der Waals surface area contributed by atoms with Gasteiger partial charge >= 0.3 is 5.97 Å². The third-order valence-electron chi connectivity index (χ3n) is 4.35. The molecule has 148 valence electrons. The molecule has 0 saturated carbocycles. The monoisotopic (exact) mass is 419 g/mol. The smallest absolute Gasteiger partial charge is 0.356 e. The first-order chi connectivity index (χ1) is 12.9. The van der Waals surface area contributed by atoms with E-state index in [0.717, 1.165) is 9.54 Å². The maximum Gasteiger partial charge on any atom is 0.356 e. The van der Waals surface area contributed by atoms with Gasteiger partial charge in [0.15, 0.2) is 0 Å². The minimum atomic E-state index is -4.00. The molecule has 3 rings (SSSR count). The van der Waals surface area contributed by atoms with Crippen LogP contribution in [-0.2, 0) is 14.8 Å². The zero-order valence-corrected chi connectivity index (χ0v) is 17.3.